The number of para-hydroxylation sites is 2. The molecule has 5 nitrogen and oxygen atoms in total. The second-order valence-corrected chi connectivity index (χ2v) is 6.19. The third kappa shape index (κ3) is 4.99. The summed E-state index contributed by atoms with van der Waals surface area (Å²) in [4.78, 5) is 0.583. The molecule has 0 N–H and O–H groups in total. The lowest BCUT2D eigenvalue weighted by molar-refractivity contribution is -0.435. The molecule has 4 aromatic carbocycles. The van der Waals surface area contributed by atoms with Gasteiger partial charge in [0.1, 0.15) is 28.7 Å². The lowest BCUT2D eigenvalue weighted by Gasteiger charge is -2.06. The highest BCUT2D eigenvalue weighted by molar-refractivity contribution is 5.43. The molecule has 0 aliphatic rings. The van der Waals surface area contributed by atoms with Gasteiger partial charge in [-0.2, -0.15) is 0 Å². The maximum atomic E-state index is 12.3. The van der Waals surface area contributed by atoms with Crippen LogP contribution in [0.4, 0.5) is 11.4 Å². The first-order valence-corrected chi connectivity index (χ1v) is 9.11. The highest BCUT2D eigenvalue weighted by atomic mass is 16.5. The molecule has 29 heavy (non-hydrogen) atoms. The summed E-state index contributed by atoms with van der Waals surface area (Å²) < 4.78 is 11.5. The molecular weight excluding hydrogens is 364 g/mol. The van der Waals surface area contributed by atoms with E-state index in [0.29, 0.717) is 27.7 Å². The quantitative estimate of drug-likeness (QED) is 0.201. The molecule has 0 radical (unpaired) electrons. The van der Waals surface area contributed by atoms with Crippen molar-refractivity contribution in [2.24, 2.45) is 5.11 Å². The van der Waals surface area contributed by atoms with Crippen LogP contribution >= 0.6 is 0 Å². The topological polar surface area (TPSA) is 56.9 Å². The maximum Gasteiger partial charge on any atom is 0.245 e. The van der Waals surface area contributed by atoms with Gasteiger partial charge in [-0.3, -0.25) is 0 Å². The van der Waals surface area contributed by atoms with Gasteiger partial charge in [0, 0.05) is 17.2 Å². The van der Waals surface area contributed by atoms with E-state index in [1.165, 1.54) is 0 Å². The van der Waals surface area contributed by atoms with Crippen LogP contribution < -0.4 is 9.47 Å². The minimum absolute atomic E-state index is 0.412. The smallest absolute Gasteiger partial charge is 0.245 e. The SMILES string of the molecule is [O-][N+](=Nc1ccc(Oc2ccccc2)cc1)c1ccc(Oc2ccccc2)cc1. The van der Waals surface area contributed by atoms with Crippen LogP contribution in [0.5, 0.6) is 23.0 Å². The van der Waals surface area contributed by atoms with Gasteiger partial charge in [-0.1, -0.05) is 41.3 Å². The van der Waals surface area contributed by atoms with Gasteiger partial charge in [0.05, 0.1) is 0 Å². The van der Waals surface area contributed by atoms with Gasteiger partial charge in [0.25, 0.3) is 0 Å². The Hall–Kier alpha value is -4.12. The van der Waals surface area contributed by atoms with Crippen molar-refractivity contribution in [2.45, 2.75) is 0 Å². The predicted octanol–water partition coefficient (Wildman–Crippen LogP) is 7.20. The highest BCUT2D eigenvalue weighted by Gasteiger charge is 2.06. The van der Waals surface area contributed by atoms with Crippen LogP contribution in [0.15, 0.2) is 114 Å². The normalized spacial score (nSPS) is 11.1. The van der Waals surface area contributed by atoms with Gasteiger partial charge in [-0.15, -0.1) is 0 Å². The Labute approximate surface area is 168 Å². The van der Waals surface area contributed by atoms with Crippen molar-refractivity contribution in [3.05, 3.63) is 114 Å². The van der Waals surface area contributed by atoms with Gasteiger partial charge >= 0.3 is 0 Å². The van der Waals surface area contributed by atoms with Crippen molar-refractivity contribution in [1.29, 1.82) is 0 Å². The Balaban J connectivity index is 1.42. The number of hydrogen-bond acceptors (Lipinski definition) is 4. The molecule has 0 aliphatic carbocycles. The van der Waals surface area contributed by atoms with E-state index in [1.54, 1.807) is 48.5 Å². The van der Waals surface area contributed by atoms with Gasteiger partial charge in [0.15, 0.2) is 0 Å². The molecule has 0 spiro atoms. The van der Waals surface area contributed by atoms with Crippen molar-refractivity contribution in [3.8, 4) is 23.0 Å². The Morgan fingerprint density at radius 1 is 0.517 bits per heavy atom. The van der Waals surface area contributed by atoms with Crippen LogP contribution in [0.25, 0.3) is 0 Å². The summed E-state index contributed by atoms with van der Waals surface area (Å²) in [5.74, 6) is 2.81. The number of hydrogen-bond donors (Lipinski definition) is 0. The molecule has 0 amide bonds. The fourth-order valence-electron chi connectivity index (χ4n) is 2.63. The number of azo groups is 1. The molecule has 5 heteroatoms. The van der Waals surface area contributed by atoms with Gasteiger partial charge in [-0.05, 0) is 60.7 Å². The molecule has 0 fully saturated rings. The van der Waals surface area contributed by atoms with E-state index < -0.39 is 0 Å². The lowest BCUT2D eigenvalue weighted by Crippen LogP contribution is -1.91. The van der Waals surface area contributed by atoms with E-state index in [1.807, 2.05) is 60.7 Å². The molecular formula is C24H18N2O3. The second-order valence-electron chi connectivity index (χ2n) is 6.19. The third-order valence-corrected chi connectivity index (χ3v) is 4.06. The van der Waals surface area contributed by atoms with Crippen molar-refractivity contribution in [1.82, 2.24) is 0 Å². The van der Waals surface area contributed by atoms with Crippen LogP contribution in [0, 0.1) is 5.21 Å². The summed E-state index contributed by atoms with van der Waals surface area (Å²) in [6, 6.07) is 32.8. The number of ether oxygens (including phenoxy) is 2. The first-order valence-electron chi connectivity index (χ1n) is 9.11. The zero-order valence-electron chi connectivity index (χ0n) is 15.5. The molecule has 0 saturated heterocycles. The summed E-state index contributed by atoms with van der Waals surface area (Å²) >= 11 is 0. The van der Waals surface area contributed by atoms with Gasteiger partial charge in [0.2, 0.25) is 5.69 Å². The second kappa shape index (κ2) is 8.71. The van der Waals surface area contributed by atoms with Crippen LogP contribution in [0.2, 0.25) is 0 Å². The molecule has 0 bridgehead atoms. The molecule has 4 aromatic rings. The average Bonchev–Trinajstić information content (AvgIpc) is 2.77. The molecule has 142 valence electrons. The molecule has 0 unspecified atom stereocenters. The summed E-state index contributed by atoms with van der Waals surface area (Å²) in [5, 5.41) is 16.4. The van der Waals surface area contributed by atoms with E-state index in [0.717, 1.165) is 11.5 Å². The first-order chi connectivity index (χ1) is 14.3. The molecule has 0 aromatic heterocycles. The van der Waals surface area contributed by atoms with Crippen LogP contribution in [0.3, 0.4) is 0 Å². The third-order valence-electron chi connectivity index (χ3n) is 4.06. The molecule has 0 atom stereocenters. The monoisotopic (exact) mass is 382 g/mol. The Kier molecular flexibility index (Phi) is 5.48. The minimum Gasteiger partial charge on any atom is -0.594 e. The largest absolute Gasteiger partial charge is 0.594 e. The van der Waals surface area contributed by atoms with Crippen LogP contribution in [-0.4, -0.2) is 4.86 Å². The molecule has 0 heterocycles. The highest BCUT2D eigenvalue weighted by Crippen LogP contribution is 2.26. The van der Waals surface area contributed by atoms with Gasteiger partial charge in [-0.25, -0.2) is 0 Å². The van der Waals surface area contributed by atoms with E-state index in [-0.39, 0.29) is 0 Å². The first kappa shape index (κ1) is 18.3. The van der Waals surface area contributed by atoms with Crippen molar-refractivity contribution >= 4 is 11.4 Å². The summed E-state index contributed by atoms with van der Waals surface area (Å²) in [6.07, 6.45) is 0. The zero-order valence-corrected chi connectivity index (χ0v) is 15.5. The molecule has 4 rings (SSSR count). The lowest BCUT2D eigenvalue weighted by atomic mass is 10.3. The summed E-state index contributed by atoms with van der Waals surface area (Å²) in [6.45, 7) is 0. The molecule has 0 saturated carbocycles. The Morgan fingerprint density at radius 3 is 1.41 bits per heavy atom. The van der Waals surface area contributed by atoms with E-state index in [4.69, 9.17) is 9.47 Å². The number of benzene rings is 4. The standard InChI is InChI=1S/C24H18N2O3/c27-26(20-13-17-24(18-14-20)29-22-9-5-2-6-10-22)25-19-11-15-23(16-12-19)28-21-7-3-1-4-8-21/h1-18H. The van der Waals surface area contributed by atoms with E-state index in [9.17, 15) is 5.21 Å². The van der Waals surface area contributed by atoms with Crippen LogP contribution in [-0.2, 0) is 0 Å². The van der Waals surface area contributed by atoms with Crippen molar-refractivity contribution < 1.29 is 14.3 Å². The fraction of sp³-hybridized carbons (Fsp3) is 0. The molecule has 0 aliphatic heterocycles. The Morgan fingerprint density at radius 2 is 0.931 bits per heavy atom. The fourth-order valence-corrected chi connectivity index (χ4v) is 2.63. The van der Waals surface area contributed by atoms with Crippen molar-refractivity contribution in [3.63, 3.8) is 0 Å². The van der Waals surface area contributed by atoms with Crippen molar-refractivity contribution in [2.75, 3.05) is 0 Å². The predicted molar refractivity (Wildman–Crippen MR) is 111 cm³/mol. The minimum atomic E-state index is 0.412. The Bertz CT molecular complexity index is 1080. The number of nitrogens with zero attached hydrogens (tertiary/aromatic N) is 2. The maximum absolute atomic E-state index is 12.3. The number of rotatable bonds is 6. The zero-order chi connectivity index (χ0) is 19.9. The summed E-state index contributed by atoms with van der Waals surface area (Å²) in [7, 11) is 0. The van der Waals surface area contributed by atoms with Gasteiger partial charge < -0.3 is 14.7 Å². The van der Waals surface area contributed by atoms with E-state index in [2.05, 4.69) is 5.11 Å². The van der Waals surface area contributed by atoms with Crippen LogP contribution in [0.1, 0.15) is 0 Å². The summed E-state index contributed by atoms with van der Waals surface area (Å²) in [5.41, 5.74) is 0.944. The van der Waals surface area contributed by atoms with E-state index >= 15 is 0 Å². The average molecular weight is 382 g/mol.